The number of aryl methyl sites for hydroxylation is 1. The van der Waals surface area contributed by atoms with Crippen molar-refractivity contribution in [2.45, 2.75) is 19.4 Å². The summed E-state index contributed by atoms with van der Waals surface area (Å²) in [5.41, 5.74) is 1.24. The highest BCUT2D eigenvalue weighted by atomic mass is 16.5. The summed E-state index contributed by atoms with van der Waals surface area (Å²) in [4.78, 5) is 18.8. The molecule has 0 aliphatic rings. The van der Waals surface area contributed by atoms with Crippen LogP contribution in [0.3, 0.4) is 0 Å². The van der Waals surface area contributed by atoms with Crippen molar-refractivity contribution in [1.29, 1.82) is 0 Å². The van der Waals surface area contributed by atoms with Crippen molar-refractivity contribution < 1.29 is 4.74 Å². The van der Waals surface area contributed by atoms with Crippen molar-refractivity contribution in [2.75, 3.05) is 7.11 Å². The fraction of sp³-hybridized carbons (Fsp3) is 0.417. The topological polar surface area (TPSA) is 72.8 Å². The summed E-state index contributed by atoms with van der Waals surface area (Å²) >= 11 is 0. The third-order valence-corrected chi connectivity index (χ3v) is 2.72. The number of nitrogens with one attached hydrogen (secondary N) is 1. The van der Waals surface area contributed by atoms with Crippen LogP contribution in [-0.2, 0) is 11.8 Å². The average molecular weight is 248 g/mol. The van der Waals surface area contributed by atoms with E-state index in [9.17, 15) is 4.79 Å². The van der Waals surface area contributed by atoms with Crippen LogP contribution in [-0.4, -0.2) is 26.9 Å². The second-order valence-corrected chi connectivity index (χ2v) is 4.05. The average Bonchev–Trinajstić information content (AvgIpc) is 2.77. The highest BCUT2D eigenvalue weighted by Crippen LogP contribution is 2.19. The van der Waals surface area contributed by atoms with Crippen LogP contribution >= 0.6 is 0 Å². The van der Waals surface area contributed by atoms with Crippen LogP contribution in [0, 0.1) is 0 Å². The second-order valence-electron chi connectivity index (χ2n) is 4.05. The molecule has 0 fully saturated rings. The predicted octanol–water partition coefficient (Wildman–Crippen LogP) is 1.27. The number of hydrogen-bond donors (Lipinski definition) is 1. The van der Waals surface area contributed by atoms with Crippen LogP contribution in [0.4, 0.5) is 0 Å². The Morgan fingerprint density at radius 2 is 2.33 bits per heavy atom. The van der Waals surface area contributed by atoms with Crippen LogP contribution in [0.5, 0.6) is 0 Å². The molecule has 2 heterocycles. The lowest BCUT2D eigenvalue weighted by atomic mass is 10.2. The molecule has 0 bridgehead atoms. The first-order valence-electron chi connectivity index (χ1n) is 5.77. The normalized spacial score (nSPS) is 12.6. The summed E-state index contributed by atoms with van der Waals surface area (Å²) in [7, 11) is 3.42. The number of aromatic amines is 1. The van der Waals surface area contributed by atoms with E-state index in [4.69, 9.17) is 4.74 Å². The Kier molecular flexibility index (Phi) is 3.57. The minimum atomic E-state index is -0.200. The fourth-order valence-electron chi connectivity index (χ4n) is 1.80. The van der Waals surface area contributed by atoms with E-state index in [1.807, 2.05) is 20.2 Å². The van der Waals surface area contributed by atoms with E-state index >= 15 is 0 Å². The minimum Gasteiger partial charge on any atom is -0.374 e. The van der Waals surface area contributed by atoms with Gasteiger partial charge in [0, 0.05) is 32.0 Å². The maximum absolute atomic E-state index is 11.6. The van der Waals surface area contributed by atoms with Crippen molar-refractivity contribution in [3.05, 3.63) is 34.6 Å². The lowest BCUT2D eigenvalue weighted by molar-refractivity contribution is 0.0925. The highest BCUT2D eigenvalue weighted by molar-refractivity contribution is 5.56. The lowest BCUT2D eigenvalue weighted by Gasteiger charge is -2.12. The Hall–Kier alpha value is -1.95. The fourth-order valence-corrected chi connectivity index (χ4v) is 1.80. The van der Waals surface area contributed by atoms with Gasteiger partial charge in [-0.15, -0.1) is 0 Å². The van der Waals surface area contributed by atoms with Crippen LogP contribution in [0.2, 0.25) is 0 Å². The highest BCUT2D eigenvalue weighted by Gasteiger charge is 2.13. The zero-order valence-corrected chi connectivity index (χ0v) is 10.7. The predicted molar refractivity (Wildman–Crippen MR) is 67.1 cm³/mol. The summed E-state index contributed by atoms with van der Waals surface area (Å²) in [5.74, 6) is 0.548. The van der Waals surface area contributed by atoms with Crippen molar-refractivity contribution in [3.8, 4) is 11.3 Å². The monoisotopic (exact) mass is 248 g/mol. The molecule has 96 valence electrons. The van der Waals surface area contributed by atoms with E-state index in [-0.39, 0.29) is 11.7 Å². The van der Waals surface area contributed by atoms with E-state index in [2.05, 4.69) is 15.1 Å². The summed E-state index contributed by atoms with van der Waals surface area (Å²) < 4.78 is 6.96. The van der Waals surface area contributed by atoms with Gasteiger partial charge in [0.1, 0.15) is 11.9 Å². The largest absolute Gasteiger partial charge is 0.374 e. The maximum atomic E-state index is 11.6. The SMILES string of the molecule is CCC(OC)c1nc(-c2cnn(C)c2)cc(=O)[nH]1. The molecule has 0 amide bonds. The zero-order valence-electron chi connectivity index (χ0n) is 10.7. The van der Waals surface area contributed by atoms with Crippen LogP contribution in [0.25, 0.3) is 11.3 Å². The Balaban J connectivity index is 2.47. The Labute approximate surface area is 105 Å². The summed E-state index contributed by atoms with van der Waals surface area (Å²) in [6, 6.07) is 1.46. The van der Waals surface area contributed by atoms with Gasteiger partial charge in [-0.2, -0.15) is 5.10 Å². The summed E-state index contributed by atoms with van der Waals surface area (Å²) in [5, 5.41) is 4.07. The molecule has 2 aromatic heterocycles. The number of H-pyrrole nitrogens is 1. The molecule has 0 radical (unpaired) electrons. The molecular formula is C12H16N4O2. The van der Waals surface area contributed by atoms with Crippen molar-refractivity contribution in [1.82, 2.24) is 19.7 Å². The van der Waals surface area contributed by atoms with Gasteiger partial charge in [-0.1, -0.05) is 6.92 Å². The Morgan fingerprint density at radius 1 is 1.56 bits per heavy atom. The van der Waals surface area contributed by atoms with Crippen LogP contribution < -0.4 is 5.56 Å². The Morgan fingerprint density at radius 3 is 2.89 bits per heavy atom. The number of nitrogens with zero attached hydrogens (tertiary/aromatic N) is 3. The van der Waals surface area contributed by atoms with Gasteiger partial charge in [-0.3, -0.25) is 9.48 Å². The number of aromatic nitrogens is 4. The summed E-state index contributed by atoms with van der Waals surface area (Å²) in [6.45, 7) is 1.98. The molecule has 1 unspecified atom stereocenters. The first-order chi connectivity index (χ1) is 8.63. The van der Waals surface area contributed by atoms with Gasteiger partial charge >= 0.3 is 0 Å². The van der Waals surface area contributed by atoms with Gasteiger partial charge < -0.3 is 9.72 Å². The molecule has 2 rings (SSSR count). The second kappa shape index (κ2) is 5.14. The standard InChI is InChI=1S/C12H16N4O2/c1-4-10(18-3)12-14-9(5-11(17)15-12)8-6-13-16(2)7-8/h5-7,10H,4H2,1-3H3,(H,14,15,17). The zero-order chi connectivity index (χ0) is 13.1. The molecule has 18 heavy (non-hydrogen) atoms. The quantitative estimate of drug-likeness (QED) is 0.884. The van der Waals surface area contributed by atoms with E-state index < -0.39 is 0 Å². The maximum Gasteiger partial charge on any atom is 0.251 e. The van der Waals surface area contributed by atoms with E-state index in [1.165, 1.54) is 6.07 Å². The third kappa shape index (κ3) is 2.48. The van der Waals surface area contributed by atoms with Gasteiger partial charge in [0.15, 0.2) is 0 Å². The molecule has 0 spiro atoms. The van der Waals surface area contributed by atoms with Gasteiger partial charge in [0.25, 0.3) is 5.56 Å². The smallest absolute Gasteiger partial charge is 0.251 e. The lowest BCUT2D eigenvalue weighted by Crippen LogP contribution is -2.15. The molecule has 0 saturated carbocycles. The van der Waals surface area contributed by atoms with Crippen molar-refractivity contribution >= 4 is 0 Å². The molecule has 0 aromatic carbocycles. The molecule has 0 aliphatic carbocycles. The van der Waals surface area contributed by atoms with Gasteiger partial charge in [-0.25, -0.2) is 4.98 Å². The number of ether oxygens (including phenoxy) is 1. The van der Waals surface area contributed by atoms with E-state index in [0.29, 0.717) is 11.5 Å². The molecular weight excluding hydrogens is 232 g/mol. The van der Waals surface area contributed by atoms with Crippen molar-refractivity contribution in [3.63, 3.8) is 0 Å². The Bertz CT molecular complexity index is 584. The molecule has 1 atom stereocenters. The number of methoxy groups -OCH3 is 1. The first-order valence-corrected chi connectivity index (χ1v) is 5.77. The molecule has 2 aromatic rings. The number of hydrogen-bond acceptors (Lipinski definition) is 4. The summed E-state index contributed by atoms with van der Waals surface area (Å²) in [6.07, 6.45) is 4.04. The van der Waals surface area contributed by atoms with Crippen LogP contribution in [0.1, 0.15) is 25.3 Å². The van der Waals surface area contributed by atoms with Crippen molar-refractivity contribution in [2.24, 2.45) is 7.05 Å². The molecule has 6 nitrogen and oxygen atoms in total. The first kappa shape index (κ1) is 12.5. The molecule has 0 saturated heterocycles. The van der Waals surface area contributed by atoms with E-state index in [0.717, 1.165) is 12.0 Å². The molecule has 6 heteroatoms. The molecule has 1 N–H and O–H groups in total. The minimum absolute atomic E-state index is 0.186. The third-order valence-electron chi connectivity index (χ3n) is 2.72. The van der Waals surface area contributed by atoms with Gasteiger partial charge in [0.2, 0.25) is 0 Å². The van der Waals surface area contributed by atoms with Crippen LogP contribution in [0.15, 0.2) is 23.3 Å². The van der Waals surface area contributed by atoms with Gasteiger partial charge in [0.05, 0.1) is 11.9 Å². The molecule has 0 aliphatic heterocycles. The van der Waals surface area contributed by atoms with E-state index in [1.54, 1.807) is 18.0 Å². The number of rotatable bonds is 4. The van der Waals surface area contributed by atoms with Gasteiger partial charge in [-0.05, 0) is 6.42 Å².